The van der Waals surface area contributed by atoms with Gasteiger partial charge in [0.05, 0.1) is 25.7 Å². The van der Waals surface area contributed by atoms with Crippen LogP contribution in [0.2, 0.25) is 0 Å². The second-order valence-electron chi connectivity index (χ2n) is 18.5. The first kappa shape index (κ1) is 64.5. The van der Waals surface area contributed by atoms with Gasteiger partial charge in [0.15, 0.2) is 0 Å². The topological polar surface area (TPSA) is 412 Å². The van der Waals surface area contributed by atoms with Crippen LogP contribution in [-0.4, -0.2) is 176 Å². The summed E-state index contributed by atoms with van der Waals surface area (Å²) in [5.41, 5.74) is 4.41. The Morgan fingerprint density at radius 2 is 0.843 bits per heavy atom. The fraction of sp³-hybridized carbons (Fsp3) is 0.738. The number of ether oxygens (including phenoxy) is 1. The van der Waals surface area contributed by atoms with Crippen LogP contribution in [0.3, 0.4) is 0 Å². The molecule has 10 amide bonds. The number of rotatable bonds is 30. The number of carbonyl (C=O) groups is 11. The van der Waals surface area contributed by atoms with Gasteiger partial charge in [-0.05, 0) is 58.3 Å². The maximum absolute atomic E-state index is 13.7. The van der Waals surface area contributed by atoms with Crippen molar-refractivity contribution in [3.05, 3.63) is 0 Å². The van der Waals surface area contributed by atoms with Crippen molar-refractivity contribution in [2.75, 3.05) is 24.7 Å². The van der Waals surface area contributed by atoms with Gasteiger partial charge >= 0.3 is 12.1 Å². The van der Waals surface area contributed by atoms with E-state index in [4.69, 9.17) is 10.5 Å². The van der Waals surface area contributed by atoms with Crippen LogP contribution < -0.4 is 53.6 Å². The monoisotopic (exact) mass is 1040 g/mol. The fourth-order valence-corrected chi connectivity index (χ4v) is 6.61. The Morgan fingerprint density at radius 1 is 0.500 bits per heavy atom. The van der Waals surface area contributed by atoms with Gasteiger partial charge in [-0.2, -0.15) is 25.3 Å². The third kappa shape index (κ3) is 23.9. The van der Waals surface area contributed by atoms with E-state index >= 15 is 0 Å². The molecule has 0 fully saturated rings. The number of thiol groups is 2. The third-order valence-corrected chi connectivity index (χ3v) is 10.4. The quantitative estimate of drug-likeness (QED) is 0.0303. The standard InChI is InChI=1S/C42H74N10O16S2/c1-18(2)11-22(44-33(58)23(13-29(43)56)45-34(59)25(14-53)48-36(61)28(17-70)50-41(67)68-42(8,9)10)32(57)47-26(15-54)35(60)52-31(21(7)55)39(64)49-27(16-69)37(62)51-30(20(5)6)38(63)46-24(40(65)66)12-19(3)4/h18-28,30-31,53-55,69-70H,11-17H2,1-10H3,(H2,43,56)(H,44,58)(H,45,59)(H,46,63)(H,47,57)(H,48,61)(H,49,64)(H,50,67)(H,51,62)(H,52,60)(H,65,66). The SMILES string of the molecule is CC(C)CC(NC(=O)C(NC(=O)C(CS)NC(=O)C(NC(=O)C(CO)NC(=O)C(CC(C)C)NC(=O)C(CC(N)=O)NC(=O)C(CO)NC(=O)C(CS)NC(=O)OC(C)(C)C)C(C)O)C(C)C)C(=O)O. The number of hydrogen-bond donors (Lipinski definition) is 16. The Kier molecular flexibility index (Phi) is 28.6. The molecule has 0 aliphatic heterocycles. The van der Waals surface area contributed by atoms with Crippen molar-refractivity contribution in [1.82, 2.24) is 47.9 Å². The normalized spacial score (nSPS) is 15.7. The van der Waals surface area contributed by atoms with Crippen LogP contribution in [0.15, 0.2) is 0 Å². The molecule has 28 heteroatoms. The zero-order valence-electron chi connectivity index (χ0n) is 41.1. The molecule has 0 aromatic rings. The van der Waals surface area contributed by atoms with E-state index in [1.54, 1.807) is 62.3 Å². The lowest BCUT2D eigenvalue weighted by Crippen LogP contribution is -2.63. The predicted molar refractivity (Wildman–Crippen MR) is 257 cm³/mol. The number of hydrogen-bond acceptors (Lipinski definition) is 17. The van der Waals surface area contributed by atoms with Crippen molar-refractivity contribution in [3.63, 3.8) is 0 Å². The number of carboxylic acids is 1. The number of aliphatic hydroxyl groups is 3. The molecular weight excluding hydrogens is 965 g/mol. The molecule has 0 rings (SSSR count). The number of nitrogens with one attached hydrogen (secondary N) is 9. The van der Waals surface area contributed by atoms with E-state index < -0.39 is 157 Å². The minimum Gasteiger partial charge on any atom is -0.480 e. The molecule has 0 saturated carbocycles. The van der Waals surface area contributed by atoms with Gasteiger partial charge in [-0.3, -0.25) is 43.2 Å². The number of aliphatic hydroxyl groups excluding tert-OH is 3. The minimum absolute atomic E-state index is 0.0923. The lowest BCUT2D eigenvalue weighted by molar-refractivity contribution is -0.143. The largest absolute Gasteiger partial charge is 0.480 e. The summed E-state index contributed by atoms with van der Waals surface area (Å²) in [5, 5.41) is 60.8. The molecule has 70 heavy (non-hydrogen) atoms. The molecular formula is C42H74N10O16S2. The Morgan fingerprint density at radius 3 is 1.26 bits per heavy atom. The van der Waals surface area contributed by atoms with Gasteiger partial charge in [-0.15, -0.1) is 0 Å². The molecule has 0 spiro atoms. The highest BCUT2D eigenvalue weighted by Crippen LogP contribution is 2.11. The molecule has 0 aliphatic carbocycles. The van der Waals surface area contributed by atoms with E-state index in [1.807, 2.05) is 0 Å². The average molecular weight is 1040 g/mol. The summed E-state index contributed by atoms with van der Waals surface area (Å²) < 4.78 is 5.12. The van der Waals surface area contributed by atoms with Crippen LogP contribution in [0.5, 0.6) is 0 Å². The first-order valence-electron chi connectivity index (χ1n) is 22.4. The molecule has 0 bridgehead atoms. The highest BCUT2D eigenvalue weighted by atomic mass is 32.1. The molecule has 26 nitrogen and oxygen atoms in total. The summed E-state index contributed by atoms with van der Waals surface area (Å²) in [7, 11) is 0. The van der Waals surface area contributed by atoms with Crippen molar-refractivity contribution in [1.29, 1.82) is 0 Å². The van der Waals surface area contributed by atoms with Gasteiger partial charge in [0.2, 0.25) is 53.2 Å². The van der Waals surface area contributed by atoms with Crippen LogP contribution >= 0.6 is 25.3 Å². The smallest absolute Gasteiger partial charge is 0.408 e. The first-order valence-corrected chi connectivity index (χ1v) is 23.6. The average Bonchev–Trinajstić information content (AvgIpc) is 3.23. The van der Waals surface area contributed by atoms with Crippen molar-refractivity contribution in [2.24, 2.45) is 23.5 Å². The van der Waals surface area contributed by atoms with Crippen LogP contribution in [-0.2, 0) is 52.7 Å². The lowest BCUT2D eigenvalue weighted by Gasteiger charge is -2.29. The number of nitrogens with two attached hydrogens (primary N) is 1. The Hall–Kier alpha value is -5.45. The van der Waals surface area contributed by atoms with Crippen LogP contribution in [0.4, 0.5) is 4.79 Å². The van der Waals surface area contributed by atoms with Crippen molar-refractivity contribution < 1.29 is 77.9 Å². The van der Waals surface area contributed by atoms with Crippen LogP contribution in [0, 0.1) is 17.8 Å². The summed E-state index contributed by atoms with van der Waals surface area (Å²) in [6.45, 7) is 13.7. The summed E-state index contributed by atoms with van der Waals surface area (Å²) in [4.78, 5) is 143. The van der Waals surface area contributed by atoms with Gasteiger partial charge in [0.1, 0.15) is 60.0 Å². The third-order valence-electron chi connectivity index (χ3n) is 9.65. The molecule has 10 atom stereocenters. The number of alkyl carbamates (subject to hydrolysis) is 1. The number of aliphatic carboxylic acids is 1. The van der Waals surface area contributed by atoms with E-state index in [2.05, 4.69) is 73.1 Å². The van der Waals surface area contributed by atoms with Crippen LogP contribution in [0.25, 0.3) is 0 Å². The molecule has 0 aromatic carbocycles. The van der Waals surface area contributed by atoms with Gasteiger partial charge < -0.3 is 78.7 Å². The van der Waals surface area contributed by atoms with Crippen molar-refractivity contribution in [2.45, 2.75) is 155 Å². The number of primary amides is 1. The Bertz CT molecular complexity index is 1830. The highest BCUT2D eigenvalue weighted by Gasteiger charge is 2.37. The van der Waals surface area contributed by atoms with E-state index in [0.717, 1.165) is 6.92 Å². The van der Waals surface area contributed by atoms with Crippen LogP contribution in [0.1, 0.15) is 88.5 Å². The molecule has 0 saturated heterocycles. The Balaban J connectivity index is 6.16. The molecule has 0 radical (unpaired) electrons. The zero-order chi connectivity index (χ0) is 54.4. The Labute approximate surface area is 417 Å². The summed E-state index contributed by atoms with van der Waals surface area (Å²) in [6.07, 6.45) is -3.52. The lowest BCUT2D eigenvalue weighted by atomic mass is 10.00. The molecule has 0 aromatic heterocycles. The molecule has 10 unspecified atom stereocenters. The van der Waals surface area contributed by atoms with Gasteiger partial charge in [0.25, 0.3) is 0 Å². The zero-order valence-corrected chi connectivity index (χ0v) is 42.9. The van der Waals surface area contributed by atoms with E-state index in [9.17, 15) is 73.2 Å². The van der Waals surface area contributed by atoms with E-state index in [1.165, 1.54) is 0 Å². The van der Waals surface area contributed by atoms with Crippen molar-refractivity contribution in [3.8, 4) is 0 Å². The second-order valence-corrected chi connectivity index (χ2v) is 19.3. The molecule has 0 aliphatic rings. The summed E-state index contributed by atoms with van der Waals surface area (Å²) >= 11 is 8.14. The summed E-state index contributed by atoms with van der Waals surface area (Å²) in [5.74, 6) is -12.5. The highest BCUT2D eigenvalue weighted by molar-refractivity contribution is 7.80. The van der Waals surface area contributed by atoms with Gasteiger partial charge in [0, 0.05) is 11.5 Å². The van der Waals surface area contributed by atoms with E-state index in [-0.39, 0.29) is 36.2 Å². The van der Waals surface area contributed by atoms with Gasteiger partial charge in [-0.1, -0.05) is 41.5 Å². The minimum atomic E-state index is -1.84. The number of carbonyl (C=O) groups excluding carboxylic acids is 10. The van der Waals surface area contributed by atoms with E-state index in [0.29, 0.717) is 0 Å². The number of amides is 10. The maximum Gasteiger partial charge on any atom is 0.408 e. The maximum atomic E-state index is 13.7. The second kappa shape index (κ2) is 31.0. The first-order chi connectivity index (χ1) is 32.3. The van der Waals surface area contributed by atoms with Crippen molar-refractivity contribution >= 4 is 90.5 Å². The fourth-order valence-electron chi connectivity index (χ4n) is 6.09. The van der Waals surface area contributed by atoms with Gasteiger partial charge in [-0.25, -0.2) is 9.59 Å². The predicted octanol–water partition coefficient (Wildman–Crippen LogP) is -4.31. The summed E-state index contributed by atoms with van der Waals surface area (Å²) in [6, 6.07) is -14.1. The number of carboxylic acid groups (broad SMARTS) is 1. The molecule has 400 valence electrons. The molecule has 15 N–H and O–H groups in total. The molecule has 0 heterocycles.